The van der Waals surface area contributed by atoms with Gasteiger partial charge in [-0.1, -0.05) is 23.8 Å². The molecular formula is C19H17N3O2S2. The predicted molar refractivity (Wildman–Crippen MR) is 107 cm³/mol. The second-order valence-corrected chi connectivity index (χ2v) is 7.47. The number of anilines is 2. The molecule has 0 atom stereocenters. The number of amides is 2. The van der Waals surface area contributed by atoms with Crippen LogP contribution in [0.3, 0.4) is 0 Å². The van der Waals surface area contributed by atoms with Crippen LogP contribution in [0.2, 0.25) is 0 Å². The number of nitrogens with zero attached hydrogens (tertiary/aromatic N) is 1. The number of benzene rings is 2. The van der Waals surface area contributed by atoms with E-state index in [-0.39, 0.29) is 17.6 Å². The summed E-state index contributed by atoms with van der Waals surface area (Å²) in [6.45, 7) is 1.95. The maximum atomic E-state index is 12.3. The summed E-state index contributed by atoms with van der Waals surface area (Å²) in [4.78, 5) is 29.2. The van der Waals surface area contributed by atoms with E-state index in [1.54, 1.807) is 12.3 Å². The molecule has 2 N–H and O–H groups in total. The van der Waals surface area contributed by atoms with Gasteiger partial charge in [0.15, 0.2) is 5.13 Å². The lowest BCUT2D eigenvalue weighted by Crippen LogP contribution is -2.14. The molecule has 2 aromatic carbocycles. The zero-order valence-corrected chi connectivity index (χ0v) is 15.7. The van der Waals surface area contributed by atoms with Crippen LogP contribution in [0.15, 0.2) is 65.0 Å². The van der Waals surface area contributed by atoms with Crippen LogP contribution in [0.5, 0.6) is 0 Å². The molecule has 5 nitrogen and oxygen atoms in total. The normalized spacial score (nSPS) is 10.3. The average Bonchev–Trinajstić information content (AvgIpc) is 3.13. The molecule has 0 unspecified atom stereocenters. The molecule has 0 saturated carbocycles. The second kappa shape index (κ2) is 8.64. The Balaban J connectivity index is 1.57. The van der Waals surface area contributed by atoms with Gasteiger partial charge >= 0.3 is 0 Å². The molecule has 7 heteroatoms. The molecule has 0 fully saturated rings. The van der Waals surface area contributed by atoms with Crippen molar-refractivity contribution in [1.29, 1.82) is 0 Å². The fourth-order valence-corrected chi connectivity index (χ4v) is 3.54. The molecule has 0 saturated heterocycles. The van der Waals surface area contributed by atoms with Gasteiger partial charge in [-0.3, -0.25) is 9.59 Å². The lowest BCUT2D eigenvalue weighted by atomic mass is 10.1. The number of carbonyl (C=O) groups is 2. The molecule has 26 heavy (non-hydrogen) atoms. The molecule has 0 spiro atoms. The quantitative estimate of drug-likeness (QED) is 0.618. The van der Waals surface area contributed by atoms with Crippen molar-refractivity contribution >= 4 is 45.7 Å². The lowest BCUT2D eigenvalue weighted by Gasteiger charge is -2.08. The molecular weight excluding hydrogens is 366 g/mol. The molecule has 3 rings (SSSR count). The fraction of sp³-hybridized carbons (Fsp3) is 0.105. The molecule has 1 aromatic heterocycles. The number of rotatable bonds is 6. The highest BCUT2D eigenvalue weighted by atomic mass is 32.2. The molecule has 0 aliphatic carbocycles. The average molecular weight is 383 g/mol. The Morgan fingerprint density at radius 1 is 1.12 bits per heavy atom. The van der Waals surface area contributed by atoms with Crippen molar-refractivity contribution in [3.05, 3.63) is 71.2 Å². The van der Waals surface area contributed by atoms with E-state index >= 15 is 0 Å². The van der Waals surface area contributed by atoms with Crippen molar-refractivity contribution in [3.8, 4) is 0 Å². The van der Waals surface area contributed by atoms with Gasteiger partial charge in [0.25, 0.3) is 5.91 Å². The first-order chi connectivity index (χ1) is 12.6. The third-order valence-electron chi connectivity index (χ3n) is 3.42. The van der Waals surface area contributed by atoms with Crippen molar-refractivity contribution in [2.75, 3.05) is 16.4 Å². The van der Waals surface area contributed by atoms with E-state index in [9.17, 15) is 9.59 Å². The standard InChI is InChI=1S/C19H17N3O2S2/c1-13-4-2-5-14(10-13)18(24)21-15-6-3-7-16(11-15)26-12-17(23)22-19-20-8-9-25-19/h2-11H,12H2,1H3,(H,21,24)(H,20,22,23). The summed E-state index contributed by atoms with van der Waals surface area (Å²) in [5, 5.41) is 8.03. The van der Waals surface area contributed by atoms with Crippen LogP contribution in [0, 0.1) is 6.92 Å². The third kappa shape index (κ3) is 5.18. The Hall–Kier alpha value is -2.64. The van der Waals surface area contributed by atoms with Gasteiger partial charge in [-0.2, -0.15) is 0 Å². The van der Waals surface area contributed by atoms with E-state index < -0.39 is 0 Å². The van der Waals surface area contributed by atoms with Gasteiger partial charge in [0.05, 0.1) is 5.75 Å². The van der Waals surface area contributed by atoms with Crippen molar-refractivity contribution in [2.45, 2.75) is 11.8 Å². The minimum absolute atomic E-state index is 0.112. The summed E-state index contributed by atoms with van der Waals surface area (Å²) in [5.74, 6) is 0.00556. The molecule has 0 bridgehead atoms. The Morgan fingerprint density at radius 3 is 2.73 bits per heavy atom. The van der Waals surface area contributed by atoms with Crippen molar-refractivity contribution in [1.82, 2.24) is 4.98 Å². The highest BCUT2D eigenvalue weighted by Crippen LogP contribution is 2.22. The maximum Gasteiger partial charge on any atom is 0.255 e. The SMILES string of the molecule is Cc1cccc(C(=O)Nc2cccc(SCC(=O)Nc3nccs3)c2)c1. The summed E-state index contributed by atoms with van der Waals surface area (Å²) in [5.41, 5.74) is 2.35. The smallest absolute Gasteiger partial charge is 0.255 e. The number of carbonyl (C=O) groups excluding carboxylic acids is 2. The summed E-state index contributed by atoms with van der Waals surface area (Å²) < 4.78 is 0. The van der Waals surface area contributed by atoms with Crippen LogP contribution in [-0.2, 0) is 4.79 Å². The number of nitrogens with one attached hydrogen (secondary N) is 2. The summed E-state index contributed by atoms with van der Waals surface area (Å²) in [7, 11) is 0. The van der Waals surface area contributed by atoms with E-state index in [0.29, 0.717) is 16.4 Å². The zero-order chi connectivity index (χ0) is 18.4. The van der Waals surface area contributed by atoms with E-state index in [1.807, 2.05) is 54.8 Å². The first-order valence-corrected chi connectivity index (χ1v) is 9.77. The van der Waals surface area contributed by atoms with Gasteiger partial charge in [0, 0.05) is 27.7 Å². The van der Waals surface area contributed by atoms with Gasteiger partial charge in [-0.15, -0.1) is 23.1 Å². The maximum absolute atomic E-state index is 12.3. The van der Waals surface area contributed by atoms with Crippen LogP contribution in [-0.4, -0.2) is 22.6 Å². The van der Waals surface area contributed by atoms with Crippen LogP contribution >= 0.6 is 23.1 Å². The predicted octanol–water partition coefficient (Wildman–Crippen LogP) is 4.43. The highest BCUT2D eigenvalue weighted by Gasteiger charge is 2.08. The molecule has 1 heterocycles. The van der Waals surface area contributed by atoms with Crippen LogP contribution in [0.4, 0.5) is 10.8 Å². The second-order valence-electron chi connectivity index (χ2n) is 5.53. The number of hydrogen-bond acceptors (Lipinski definition) is 5. The lowest BCUT2D eigenvalue weighted by molar-refractivity contribution is -0.113. The molecule has 0 aliphatic heterocycles. The Bertz CT molecular complexity index is 911. The van der Waals surface area contributed by atoms with Gasteiger partial charge in [0.2, 0.25) is 5.91 Å². The highest BCUT2D eigenvalue weighted by molar-refractivity contribution is 8.00. The van der Waals surface area contributed by atoms with Gasteiger partial charge < -0.3 is 10.6 Å². The number of hydrogen-bond donors (Lipinski definition) is 2. The van der Waals surface area contributed by atoms with Gasteiger partial charge in [-0.05, 0) is 37.3 Å². The van der Waals surface area contributed by atoms with E-state index in [0.717, 1.165) is 10.5 Å². The summed E-state index contributed by atoms with van der Waals surface area (Å²) in [6, 6.07) is 14.9. The van der Waals surface area contributed by atoms with Crippen molar-refractivity contribution in [2.24, 2.45) is 0 Å². The Morgan fingerprint density at radius 2 is 1.96 bits per heavy atom. The third-order valence-corrected chi connectivity index (χ3v) is 5.10. The van der Waals surface area contributed by atoms with Gasteiger partial charge in [-0.25, -0.2) is 4.98 Å². The Kier molecular flexibility index (Phi) is 6.04. The van der Waals surface area contributed by atoms with Crippen LogP contribution in [0.1, 0.15) is 15.9 Å². The first kappa shape index (κ1) is 18.2. The number of aryl methyl sites for hydroxylation is 1. The fourth-order valence-electron chi connectivity index (χ4n) is 2.24. The van der Waals surface area contributed by atoms with Crippen molar-refractivity contribution < 1.29 is 9.59 Å². The van der Waals surface area contributed by atoms with Crippen LogP contribution < -0.4 is 10.6 Å². The minimum atomic E-state index is -0.155. The zero-order valence-electron chi connectivity index (χ0n) is 14.1. The number of aromatic nitrogens is 1. The van der Waals surface area contributed by atoms with Crippen LogP contribution in [0.25, 0.3) is 0 Å². The summed E-state index contributed by atoms with van der Waals surface area (Å²) >= 11 is 2.78. The van der Waals surface area contributed by atoms with E-state index in [1.165, 1.54) is 23.1 Å². The van der Waals surface area contributed by atoms with E-state index in [2.05, 4.69) is 15.6 Å². The van der Waals surface area contributed by atoms with E-state index in [4.69, 9.17) is 0 Å². The Labute approximate surface area is 159 Å². The van der Waals surface area contributed by atoms with Crippen molar-refractivity contribution in [3.63, 3.8) is 0 Å². The van der Waals surface area contributed by atoms with Gasteiger partial charge in [0.1, 0.15) is 0 Å². The first-order valence-electron chi connectivity index (χ1n) is 7.90. The molecule has 2 amide bonds. The molecule has 0 radical (unpaired) electrons. The summed E-state index contributed by atoms with van der Waals surface area (Å²) in [6.07, 6.45) is 1.65. The topological polar surface area (TPSA) is 71.1 Å². The molecule has 132 valence electrons. The number of thioether (sulfide) groups is 1. The largest absolute Gasteiger partial charge is 0.322 e. The minimum Gasteiger partial charge on any atom is -0.322 e. The monoisotopic (exact) mass is 383 g/mol. The molecule has 3 aromatic rings. The molecule has 0 aliphatic rings. The number of thiazole rings is 1.